The Morgan fingerprint density at radius 1 is 1.44 bits per heavy atom. The lowest BCUT2D eigenvalue weighted by atomic mass is 10.2. The van der Waals surface area contributed by atoms with Crippen molar-refractivity contribution in [1.29, 1.82) is 0 Å². The summed E-state index contributed by atoms with van der Waals surface area (Å²) >= 11 is 7.30. The first-order valence-corrected chi connectivity index (χ1v) is 6.06. The lowest BCUT2D eigenvalue weighted by Crippen LogP contribution is -2.39. The molecule has 0 aliphatic rings. The van der Waals surface area contributed by atoms with Crippen LogP contribution in [-0.2, 0) is 9.53 Å². The maximum atomic E-state index is 11.2. The molecule has 0 bridgehead atoms. The molecule has 0 aromatic heterocycles. The van der Waals surface area contributed by atoms with Crippen molar-refractivity contribution in [2.45, 2.75) is 23.1 Å². The molecule has 88 valence electrons. The molecule has 2 N–H and O–H groups in total. The molecule has 0 unspecified atom stereocenters. The summed E-state index contributed by atoms with van der Waals surface area (Å²) in [7, 11) is 1.34. The number of thioether (sulfide) groups is 1. The van der Waals surface area contributed by atoms with E-state index in [9.17, 15) is 4.79 Å². The average Bonchev–Trinajstić information content (AvgIpc) is 2.30. The highest BCUT2D eigenvalue weighted by Gasteiger charge is 2.22. The van der Waals surface area contributed by atoms with Crippen LogP contribution in [0.2, 0.25) is 5.02 Å². The Morgan fingerprint density at radius 3 is 2.50 bits per heavy atom. The van der Waals surface area contributed by atoms with Gasteiger partial charge in [0.25, 0.3) is 0 Å². The number of hydrogen-bond donors (Lipinski definition) is 1. The van der Waals surface area contributed by atoms with Crippen molar-refractivity contribution in [1.82, 2.24) is 0 Å². The Balaban J connectivity index is 2.60. The highest BCUT2D eigenvalue weighted by atomic mass is 35.5. The number of methoxy groups -OCH3 is 1. The SMILES string of the molecule is COC(=O)[C@@H](N)[C@@H](C)Sc1ccc(Cl)cc1. The van der Waals surface area contributed by atoms with Crippen LogP contribution in [0.4, 0.5) is 0 Å². The second-order valence-electron chi connectivity index (χ2n) is 3.33. The van der Waals surface area contributed by atoms with Crippen LogP contribution in [0.1, 0.15) is 6.92 Å². The van der Waals surface area contributed by atoms with Crippen molar-refractivity contribution >= 4 is 29.3 Å². The molecule has 0 radical (unpaired) electrons. The number of benzene rings is 1. The summed E-state index contributed by atoms with van der Waals surface area (Å²) in [4.78, 5) is 12.2. The predicted molar refractivity (Wildman–Crippen MR) is 66.8 cm³/mol. The topological polar surface area (TPSA) is 52.3 Å². The van der Waals surface area contributed by atoms with Crippen LogP contribution in [-0.4, -0.2) is 24.4 Å². The van der Waals surface area contributed by atoms with Gasteiger partial charge in [-0.25, -0.2) is 0 Å². The minimum Gasteiger partial charge on any atom is -0.468 e. The second-order valence-corrected chi connectivity index (χ2v) is 5.21. The van der Waals surface area contributed by atoms with Crippen LogP contribution in [0.3, 0.4) is 0 Å². The summed E-state index contributed by atoms with van der Waals surface area (Å²) in [5.74, 6) is -0.394. The van der Waals surface area contributed by atoms with E-state index in [2.05, 4.69) is 4.74 Å². The molecular formula is C11H14ClNO2S. The third-order valence-electron chi connectivity index (χ3n) is 2.11. The van der Waals surface area contributed by atoms with E-state index in [0.717, 1.165) is 4.90 Å². The van der Waals surface area contributed by atoms with Gasteiger partial charge < -0.3 is 10.5 Å². The van der Waals surface area contributed by atoms with Gasteiger partial charge in [0, 0.05) is 15.2 Å². The molecule has 0 amide bonds. The molecular weight excluding hydrogens is 246 g/mol. The quantitative estimate of drug-likeness (QED) is 0.666. The van der Waals surface area contributed by atoms with E-state index in [4.69, 9.17) is 17.3 Å². The molecule has 0 heterocycles. The number of carbonyl (C=O) groups excluding carboxylic acids is 1. The van der Waals surface area contributed by atoms with Crippen LogP contribution < -0.4 is 5.73 Å². The molecule has 0 saturated carbocycles. The van der Waals surface area contributed by atoms with Crippen LogP contribution in [0, 0.1) is 0 Å². The minimum absolute atomic E-state index is 0.0476. The van der Waals surface area contributed by atoms with Gasteiger partial charge >= 0.3 is 5.97 Å². The fourth-order valence-corrected chi connectivity index (χ4v) is 2.24. The van der Waals surface area contributed by atoms with E-state index in [0.29, 0.717) is 5.02 Å². The zero-order chi connectivity index (χ0) is 12.1. The number of halogens is 1. The standard InChI is InChI=1S/C11H14ClNO2S/c1-7(10(13)11(14)15-2)16-9-5-3-8(12)4-6-9/h3-7,10H,13H2,1-2H3/t7-,10+/m1/s1. The summed E-state index contributed by atoms with van der Waals surface area (Å²) in [5, 5.41) is 0.642. The van der Waals surface area contributed by atoms with E-state index >= 15 is 0 Å². The van der Waals surface area contributed by atoms with Crippen molar-refractivity contribution in [2.24, 2.45) is 5.73 Å². The highest BCUT2D eigenvalue weighted by Crippen LogP contribution is 2.26. The third kappa shape index (κ3) is 3.70. The number of carbonyl (C=O) groups is 1. The van der Waals surface area contributed by atoms with E-state index < -0.39 is 12.0 Å². The van der Waals surface area contributed by atoms with E-state index in [-0.39, 0.29) is 5.25 Å². The molecule has 5 heteroatoms. The van der Waals surface area contributed by atoms with Gasteiger partial charge in [-0.1, -0.05) is 18.5 Å². The Hall–Kier alpha value is -0.710. The zero-order valence-corrected chi connectivity index (χ0v) is 10.7. The number of hydrogen-bond acceptors (Lipinski definition) is 4. The molecule has 1 rings (SSSR count). The first-order valence-electron chi connectivity index (χ1n) is 4.80. The van der Waals surface area contributed by atoms with Crippen molar-refractivity contribution in [3.05, 3.63) is 29.3 Å². The highest BCUT2D eigenvalue weighted by molar-refractivity contribution is 8.00. The van der Waals surface area contributed by atoms with E-state index in [1.807, 2.05) is 19.1 Å². The van der Waals surface area contributed by atoms with Crippen LogP contribution in [0.15, 0.2) is 29.2 Å². The molecule has 1 aromatic rings. The Bertz CT molecular complexity index is 356. The van der Waals surface area contributed by atoms with Gasteiger partial charge in [0.1, 0.15) is 6.04 Å². The Morgan fingerprint density at radius 2 is 2.00 bits per heavy atom. The fraction of sp³-hybridized carbons (Fsp3) is 0.364. The van der Waals surface area contributed by atoms with Crippen LogP contribution in [0.25, 0.3) is 0 Å². The lowest BCUT2D eigenvalue weighted by Gasteiger charge is -2.16. The minimum atomic E-state index is -0.620. The van der Waals surface area contributed by atoms with Gasteiger partial charge in [-0.15, -0.1) is 11.8 Å². The number of rotatable bonds is 4. The van der Waals surface area contributed by atoms with Gasteiger partial charge in [-0.05, 0) is 24.3 Å². The molecule has 0 spiro atoms. The second kappa shape index (κ2) is 6.13. The number of ether oxygens (including phenoxy) is 1. The molecule has 16 heavy (non-hydrogen) atoms. The lowest BCUT2D eigenvalue weighted by molar-refractivity contribution is -0.142. The largest absolute Gasteiger partial charge is 0.468 e. The third-order valence-corrected chi connectivity index (χ3v) is 3.58. The predicted octanol–water partition coefficient (Wildman–Crippen LogP) is 2.32. The Labute approximate surface area is 104 Å². The Kier molecular flexibility index (Phi) is 5.12. The van der Waals surface area contributed by atoms with Crippen molar-refractivity contribution in [2.75, 3.05) is 7.11 Å². The average molecular weight is 260 g/mol. The first kappa shape index (κ1) is 13.4. The van der Waals surface area contributed by atoms with Gasteiger partial charge in [-0.2, -0.15) is 0 Å². The van der Waals surface area contributed by atoms with E-state index in [1.54, 1.807) is 12.1 Å². The number of esters is 1. The van der Waals surface area contributed by atoms with Gasteiger partial charge in [-0.3, -0.25) is 4.79 Å². The van der Waals surface area contributed by atoms with Crippen LogP contribution in [0.5, 0.6) is 0 Å². The van der Waals surface area contributed by atoms with Crippen LogP contribution >= 0.6 is 23.4 Å². The molecule has 0 aliphatic carbocycles. The van der Waals surface area contributed by atoms with Crippen molar-refractivity contribution in [3.8, 4) is 0 Å². The molecule has 1 aromatic carbocycles. The van der Waals surface area contributed by atoms with Gasteiger partial charge in [0.15, 0.2) is 0 Å². The summed E-state index contributed by atoms with van der Waals surface area (Å²) in [5.41, 5.74) is 5.73. The fourth-order valence-electron chi connectivity index (χ4n) is 1.13. The summed E-state index contributed by atoms with van der Waals surface area (Å²) < 4.78 is 4.59. The monoisotopic (exact) mass is 259 g/mol. The van der Waals surface area contributed by atoms with Crippen molar-refractivity contribution in [3.63, 3.8) is 0 Å². The molecule has 3 nitrogen and oxygen atoms in total. The molecule has 0 aliphatic heterocycles. The first-order chi connectivity index (χ1) is 7.54. The summed E-state index contributed by atoms with van der Waals surface area (Å²) in [6, 6.07) is 6.78. The zero-order valence-electron chi connectivity index (χ0n) is 9.14. The molecule has 0 saturated heterocycles. The van der Waals surface area contributed by atoms with E-state index in [1.165, 1.54) is 18.9 Å². The maximum absolute atomic E-state index is 11.2. The smallest absolute Gasteiger partial charge is 0.323 e. The van der Waals surface area contributed by atoms with Gasteiger partial charge in [0.2, 0.25) is 0 Å². The number of nitrogens with two attached hydrogens (primary N) is 1. The summed E-state index contributed by atoms with van der Waals surface area (Å²) in [6.07, 6.45) is 0. The summed E-state index contributed by atoms with van der Waals surface area (Å²) in [6.45, 7) is 1.89. The molecule has 0 fully saturated rings. The normalized spacial score (nSPS) is 14.2. The van der Waals surface area contributed by atoms with Crippen molar-refractivity contribution < 1.29 is 9.53 Å². The maximum Gasteiger partial charge on any atom is 0.323 e. The van der Waals surface area contributed by atoms with Gasteiger partial charge in [0.05, 0.1) is 7.11 Å². The molecule has 2 atom stereocenters.